The van der Waals surface area contributed by atoms with E-state index in [9.17, 15) is 0 Å². The highest BCUT2D eigenvalue weighted by atomic mass is 16.5. The Morgan fingerprint density at radius 1 is 0.944 bits per heavy atom. The van der Waals surface area contributed by atoms with Crippen molar-refractivity contribution in [1.82, 2.24) is 9.97 Å². The lowest BCUT2D eigenvalue weighted by Crippen LogP contribution is -1.84. The van der Waals surface area contributed by atoms with Crippen molar-refractivity contribution in [2.45, 2.75) is 27.7 Å². The van der Waals surface area contributed by atoms with Gasteiger partial charge in [0, 0.05) is 18.6 Å². The summed E-state index contributed by atoms with van der Waals surface area (Å²) < 4.78 is 4.93. The van der Waals surface area contributed by atoms with Crippen LogP contribution in [-0.4, -0.2) is 17.1 Å². The Bertz CT molecular complexity index is 416. The number of aryl methyl sites for hydroxylation is 2. The second-order valence-electron chi connectivity index (χ2n) is 3.43. The number of methoxy groups -OCH3 is 1. The van der Waals surface area contributed by atoms with Gasteiger partial charge in [0.2, 0.25) is 0 Å². The van der Waals surface area contributed by atoms with Gasteiger partial charge in [-0.15, -0.1) is 0 Å². The fourth-order valence-electron chi connectivity index (χ4n) is 1.09. The quantitative estimate of drug-likeness (QED) is 0.767. The first-order valence-corrected chi connectivity index (χ1v) is 6.04. The standard InChI is InChI=1S/C7H9NO.C6H7N.C2H6/c1-6-3-7(9-2)5-8-4-6;1-6-3-2-4-7-5-6;1-2/h3-5H,1-2H3;2-5H,1H3;1-2H3. The molecule has 0 amide bonds. The van der Waals surface area contributed by atoms with E-state index in [4.69, 9.17) is 4.74 Å². The van der Waals surface area contributed by atoms with Gasteiger partial charge in [0.15, 0.2) is 0 Å². The zero-order chi connectivity index (χ0) is 13.8. The normalized spacial score (nSPS) is 8.28. The Morgan fingerprint density at radius 3 is 1.94 bits per heavy atom. The van der Waals surface area contributed by atoms with E-state index < -0.39 is 0 Å². The Kier molecular flexibility index (Phi) is 9.18. The summed E-state index contributed by atoms with van der Waals surface area (Å²) >= 11 is 0. The largest absolute Gasteiger partial charge is 0.495 e. The molecule has 0 bridgehead atoms. The molecule has 0 radical (unpaired) electrons. The number of nitrogens with zero attached hydrogens (tertiary/aromatic N) is 2. The molecule has 0 saturated heterocycles. The van der Waals surface area contributed by atoms with Gasteiger partial charge in [0.05, 0.1) is 13.3 Å². The molecule has 2 aromatic heterocycles. The molecule has 0 aliphatic carbocycles. The van der Waals surface area contributed by atoms with Gasteiger partial charge >= 0.3 is 0 Å². The van der Waals surface area contributed by atoms with E-state index in [1.165, 1.54) is 5.56 Å². The molecule has 2 heterocycles. The van der Waals surface area contributed by atoms with Crippen LogP contribution in [0, 0.1) is 13.8 Å². The maximum absolute atomic E-state index is 4.93. The van der Waals surface area contributed by atoms with E-state index in [-0.39, 0.29) is 0 Å². The summed E-state index contributed by atoms with van der Waals surface area (Å²) in [6, 6.07) is 5.88. The van der Waals surface area contributed by atoms with Gasteiger partial charge in [-0.2, -0.15) is 0 Å². The highest BCUT2D eigenvalue weighted by Crippen LogP contribution is 2.07. The highest BCUT2D eigenvalue weighted by Gasteiger charge is 1.88. The van der Waals surface area contributed by atoms with E-state index in [1.807, 2.05) is 52.1 Å². The van der Waals surface area contributed by atoms with Crippen LogP contribution in [0.3, 0.4) is 0 Å². The molecule has 0 aliphatic rings. The molecule has 2 aromatic rings. The minimum absolute atomic E-state index is 0.815. The van der Waals surface area contributed by atoms with Gasteiger partial charge in [0.1, 0.15) is 5.75 Å². The molecule has 0 aromatic carbocycles. The van der Waals surface area contributed by atoms with Crippen LogP contribution in [-0.2, 0) is 0 Å². The summed E-state index contributed by atoms with van der Waals surface area (Å²) in [4.78, 5) is 7.81. The third kappa shape index (κ3) is 7.39. The SMILES string of the molecule is CC.COc1cncc(C)c1.Cc1cccnc1. The van der Waals surface area contributed by atoms with E-state index in [2.05, 4.69) is 9.97 Å². The molecule has 0 N–H and O–H groups in total. The topological polar surface area (TPSA) is 35.0 Å². The fourth-order valence-corrected chi connectivity index (χ4v) is 1.09. The molecule has 3 nitrogen and oxygen atoms in total. The average Bonchev–Trinajstić information content (AvgIpc) is 2.42. The van der Waals surface area contributed by atoms with Crippen molar-refractivity contribution < 1.29 is 4.74 Å². The molecular formula is C15H22N2O. The van der Waals surface area contributed by atoms with Crippen molar-refractivity contribution in [3.05, 3.63) is 54.1 Å². The van der Waals surface area contributed by atoms with Gasteiger partial charge < -0.3 is 4.74 Å². The minimum Gasteiger partial charge on any atom is -0.495 e. The van der Waals surface area contributed by atoms with E-state index in [0.29, 0.717) is 0 Å². The third-order valence-corrected chi connectivity index (χ3v) is 1.89. The Balaban J connectivity index is 0.000000289. The monoisotopic (exact) mass is 246 g/mol. The van der Waals surface area contributed by atoms with Crippen molar-refractivity contribution in [2.75, 3.05) is 7.11 Å². The van der Waals surface area contributed by atoms with Crippen LogP contribution in [0.2, 0.25) is 0 Å². The molecule has 2 rings (SSSR count). The Labute approximate surface area is 110 Å². The lowest BCUT2D eigenvalue weighted by atomic mass is 10.3. The zero-order valence-corrected chi connectivity index (χ0v) is 11.8. The summed E-state index contributed by atoms with van der Waals surface area (Å²) in [5.41, 5.74) is 2.33. The van der Waals surface area contributed by atoms with Crippen LogP contribution in [0.1, 0.15) is 25.0 Å². The van der Waals surface area contributed by atoms with Crippen molar-refractivity contribution in [3.63, 3.8) is 0 Å². The van der Waals surface area contributed by atoms with Crippen LogP contribution in [0.4, 0.5) is 0 Å². The Hall–Kier alpha value is -1.90. The highest BCUT2D eigenvalue weighted by molar-refractivity contribution is 5.21. The molecule has 0 fully saturated rings. The second-order valence-corrected chi connectivity index (χ2v) is 3.43. The molecule has 0 atom stereocenters. The molecule has 98 valence electrons. The zero-order valence-electron chi connectivity index (χ0n) is 11.8. The molecule has 3 heteroatoms. The van der Waals surface area contributed by atoms with Crippen LogP contribution in [0.15, 0.2) is 43.0 Å². The van der Waals surface area contributed by atoms with Crippen LogP contribution in [0.5, 0.6) is 5.75 Å². The smallest absolute Gasteiger partial charge is 0.137 e. The second kappa shape index (κ2) is 10.3. The van der Waals surface area contributed by atoms with Gasteiger partial charge in [0.25, 0.3) is 0 Å². The van der Waals surface area contributed by atoms with Crippen molar-refractivity contribution in [1.29, 1.82) is 0 Å². The number of hydrogen-bond acceptors (Lipinski definition) is 3. The lowest BCUT2D eigenvalue weighted by molar-refractivity contribution is 0.412. The predicted octanol–water partition coefficient (Wildman–Crippen LogP) is 3.81. The lowest BCUT2D eigenvalue weighted by Gasteiger charge is -1.97. The molecule has 0 aliphatic heterocycles. The first-order valence-electron chi connectivity index (χ1n) is 6.04. The Morgan fingerprint density at radius 2 is 1.61 bits per heavy atom. The summed E-state index contributed by atoms with van der Waals surface area (Å²) in [6.45, 7) is 8.00. The average molecular weight is 246 g/mol. The van der Waals surface area contributed by atoms with Gasteiger partial charge in [-0.25, -0.2) is 0 Å². The number of rotatable bonds is 1. The number of aromatic nitrogens is 2. The van der Waals surface area contributed by atoms with Crippen molar-refractivity contribution >= 4 is 0 Å². The first kappa shape index (κ1) is 16.1. The number of pyridine rings is 2. The third-order valence-electron chi connectivity index (χ3n) is 1.89. The fraction of sp³-hybridized carbons (Fsp3) is 0.333. The predicted molar refractivity (Wildman–Crippen MR) is 75.8 cm³/mol. The molecule has 0 spiro atoms. The maximum Gasteiger partial charge on any atom is 0.137 e. The van der Waals surface area contributed by atoms with Crippen LogP contribution >= 0.6 is 0 Å². The molecule has 0 unspecified atom stereocenters. The van der Waals surface area contributed by atoms with Crippen molar-refractivity contribution in [3.8, 4) is 5.75 Å². The number of hydrogen-bond donors (Lipinski definition) is 0. The van der Waals surface area contributed by atoms with Crippen LogP contribution in [0.25, 0.3) is 0 Å². The van der Waals surface area contributed by atoms with Crippen LogP contribution < -0.4 is 4.74 Å². The van der Waals surface area contributed by atoms with Gasteiger partial charge in [-0.3, -0.25) is 9.97 Å². The molecule has 0 saturated carbocycles. The summed E-state index contributed by atoms with van der Waals surface area (Å²) in [7, 11) is 1.64. The molecular weight excluding hydrogens is 224 g/mol. The number of ether oxygens (including phenoxy) is 1. The molecule has 18 heavy (non-hydrogen) atoms. The van der Waals surface area contributed by atoms with Gasteiger partial charge in [-0.05, 0) is 37.1 Å². The van der Waals surface area contributed by atoms with Gasteiger partial charge in [-0.1, -0.05) is 19.9 Å². The first-order chi connectivity index (χ1) is 8.72. The minimum atomic E-state index is 0.815. The summed E-state index contributed by atoms with van der Waals surface area (Å²) in [5.74, 6) is 0.815. The summed E-state index contributed by atoms with van der Waals surface area (Å²) in [5, 5.41) is 0. The van der Waals surface area contributed by atoms with Crippen molar-refractivity contribution in [2.24, 2.45) is 0 Å². The van der Waals surface area contributed by atoms with E-state index in [0.717, 1.165) is 11.3 Å². The maximum atomic E-state index is 4.93. The summed E-state index contributed by atoms with van der Waals surface area (Å²) in [6.07, 6.45) is 7.09. The van der Waals surface area contributed by atoms with E-state index >= 15 is 0 Å². The van der Waals surface area contributed by atoms with E-state index in [1.54, 1.807) is 25.7 Å².